The minimum atomic E-state index is -1.20. The molecular formula is C21H20N4O5. The van der Waals surface area contributed by atoms with Gasteiger partial charge in [0.05, 0.1) is 10.5 Å². The minimum Gasteiger partial charge on any atom is -0.457 e. The maximum atomic E-state index is 12.7. The van der Waals surface area contributed by atoms with Crippen molar-refractivity contribution in [3.8, 4) is 0 Å². The number of ether oxygens (including phenoxy) is 1. The normalized spacial score (nSPS) is 11.0. The first kappa shape index (κ1) is 20.7. The standard InChI is InChI=1S/C21H20N4O5/c1-21(2,24-13-18(12-22-24)25(28)29)20(27)23-17-10-6-9-16(11-17)19(26)30-14-15-7-4-3-5-8-15/h3-13H,14H2,1-2H3,(H,23,27). The van der Waals surface area contributed by atoms with Crippen LogP contribution in [0.25, 0.3) is 0 Å². The fourth-order valence-corrected chi connectivity index (χ4v) is 2.63. The average Bonchev–Trinajstić information content (AvgIpc) is 3.24. The summed E-state index contributed by atoms with van der Waals surface area (Å²) in [5.41, 5.74) is 0.141. The van der Waals surface area contributed by atoms with Gasteiger partial charge < -0.3 is 10.1 Å². The van der Waals surface area contributed by atoms with Crippen molar-refractivity contribution in [1.29, 1.82) is 0 Å². The largest absolute Gasteiger partial charge is 0.457 e. The van der Waals surface area contributed by atoms with Crippen LogP contribution in [0.2, 0.25) is 0 Å². The van der Waals surface area contributed by atoms with Crippen molar-refractivity contribution < 1.29 is 19.2 Å². The second-order valence-corrected chi connectivity index (χ2v) is 7.06. The molecule has 0 radical (unpaired) electrons. The zero-order chi connectivity index (χ0) is 21.7. The Labute approximate surface area is 172 Å². The summed E-state index contributed by atoms with van der Waals surface area (Å²) in [5, 5.41) is 17.5. The quantitative estimate of drug-likeness (QED) is 0.363. The maximum absolute atomic E-state index is 12.7. The number of nitro groups is 1. The molecule has 0 aliphatic heterocycles. The van der Waals surface area contributed by atoms with Crippen LogP contribution in [0, 0.1) is 10.1 Å². The van der Waals surface area contributed by atoms with Gasteiger partial charge in [0.2, 0.25) is 0 Å². The van der Waals surface area contributed by atoms with Crippen molar-refractivity contribution in [2.45, 2.75) is 26.0 Å². The lowest BCUT2D eigenvalue weighted by atomic mass is 10.0. The van der Waals surface area contributed by atoms with Crippen molar-refractivity contribution in [2.75, 3.05) is 5.32 Å². The number of hydrogen-bond acceptors (Lipinski definition) is 6. The minimum absolute atomic E-state index is 0.140. The topological polar surface area (TPSA) is 116 Å². The number of carbonyl (C=O) groups excluding carboxylic acids is 2. The van der Waals surface area contributed by atoms with Gasteiger partial charge in [-0.1, -0.05) is 36.4 Å². The number of carbonyl (C=O) groups is 2. The third-order valence-electron chi connectivity index (χ3n) is 4.48. The van der Waals surface area contributed by atoms with E-state index in [0.29, 0.717) is 5.69 Å². The molecule has 30 heavy (non-hydrogen) atoms. The van der Waals surface area contributed by atoms with Gasteiger partial charge in [-0.2, -0.15) is 5.10 Å². The first-order valence-electron chi connectivity index (χ1n) is 9.09. The molecule has 0 fully saturated rings. The molecule has 1 N–H and O–H groups in total. The molecular weight excluding hydrogens is 388 g/mol. The van der Waals surface area contributed by atoms with Crippen LogP contribution in [-0.2, 0) is 21.7 Å². The molecule has 2 aromatic carbocycles. The smallest absolute Gasteiger partial charge is 0.338 e. The summed E-state index contributed by atoms with van der Waals surface area (Å²) in [4.78, 5) is 35.3. The molecule has 0 unspecified atom stereocenters. The Hall–Kier alpha value is -4.01. The van der Waals surface area contributed by atoms with Gasteiger partial charge in [-0.15, -0.1) is 0 Å². The molecule has 0 aliphatic rings. The number of aromatic nitrogens is 2. The second-order valence-electron chi connectivity index (χ2n) is 7.06. The van der Waals surface area contributed by atoms with Crippen LogP contribution < -0.4 is 5.32 Å². The third kappa shape index (κ3) is 4.69. The Kier molecular flexibility index (Phi) is 5.91. The zero-order valence-electron chi connectivity index (χ0n) is 16.4. The summed E-state index contributed by atoms with van der Waals surface area (Å²) in [5.74, 6) is -0.966. The molecule has 154 valence electrons. The van der Waals surface area contributed by atoms with Gasteiger partial charge in [-0.05, 0) is 37.6 Å². The number of anilines is 1. The van der Waals surface area contributed by atoms with Crippen LogP contribution in [0.1, 0.15) is 29.8 Å². The molecule has 3 aromatic rings. The van der Waals surface area contributed by atoms with Crippen LogP contribution in [-0.4, -0.2) is 26.6 Å². The molecule has 0 atom stereocenters. The summed E-state index contributed by atoms with van der Waals surface area (Å²) in [6.07, 6.45) is 2.27. The Morgan fingerprint density at radius 1 is 1.17 bits per heavy atom. The lowest BCUT2D eigenvalue weighted by molar-refractivity contribution is -0.385. The van der Waals surface area contributed by atoms with E-state index < -0.39 is 22.3 Å². The SMILES string of the molecule is CC(C)(C(=O)Nc1cccc(C(=O)OCc2ccccc2)c1)n1cc([N+](=O)[O-])cn1. The monoisotopic (exact) mass is 408 g/mol. The number of nitrogens with one attached hydrogen (secondary N) is 1. The lowest BCUT2D eigenvalue weighted by Gasteiger charge is -2.24. The molecule has 0 bridgehead atoms. The molecule has 1 aromatic heterocycles. The Morgan fingerprint density at radius 3 is 2.57 bits per heavy atom. The highest BCUT2D eigenvalue weighted by Crippen LogP contribution is 2.21. The van der Waals surface area contributed by atoms with Gasteiger partial charge in [0.1, 0.15) is 24.5 Å². The number of amides is 1. The van der Waals surface area contributed by atoms with E-state index in [2.05, 4.69) is 10.4 Å². The molecule has 0 saturated heterocycles. The van der Waals surface area contributed by atoms with Crippen LogP contribution in [0.15, 0.2) is 67.0 Å². The third-order valence-corrected chi connectivity index (χ3v) is 4.48. The highest BCUT2D eigenvalue weighted by atomic mass is 16.6. The number of nitrogens with zero attached hydrogens (tertiary/aromatic N) is 3. The molecule has 0 saturated carbocycles. The van der Waals surface area contributed by atoms with Gasteiger partial charge in [-0.25, -0.2) is 4.79 Å². The molecule has 9 heteroatoms. The van der Waals surface area contributed by atoms with Crippen molar-refractivity contribution in [3.05, 3.63) is 88.2 Å². The van der Waals surface area contributed by atoms with Gasteiger partial charge >= 0.3 is 11.7 Å². The van der Waals surface area contributed by atoms with Gasteiger partial charge in [0, 0.05) is 5.69 Å². The fraction of sp³-hybridized carbons (Fsp3) is 0.190. The van der Waals surface area contributed by atoms with E-state index in [1.165, 1.54) is 16.9 Å². The van der Waals surface area contributed by atoms with Gasteiger partial charge in [0.25, 0.3) is 5.91 Å². The summed E-state index contributed by atoms with van der Waals surface area (Å²) in [6, 6.07) is 15.6. The van der Waals surface area contributed by atoms with Crippen LogP contribution >= 0.6 is 0 Å². The van der Waals surface area contributed by atoms with Crippen LogP contribution in [0.4, 0.5) is 11.4 Å². The van der Waals surface area contributed by atoms with E-state index in [1.807, 2.05) is 30.3 Å². The molecule has 0 aliphatic carbocycles. The second kappa shape index (κ2) is 8.56. The van der Waals surface area contributed by atoms with E-state index in [0.717, 1.165) is 11.8 Å². The van der Waals surface area contributed by atoms with Crippen molar-refractivity contribution in [2.24, 2.45) is 0 Å². The molecule has 9 nitrogen and oxygen atoms in total. The Morgan fingerprint density at radius 2 is 1.90 bits per heavy atom. The summed E-state index contributed by atoms with van der Waals surface area (Å²) < 4.78 is 6.53. The van der Waals surface area contributed by atoms with Crippen molar-refractivity contribution >= 4 is 23.3 Å². The van der Waals surface area contributed by atoms with Gasteiger partial charge in [0.15, 0.2) is 0 Å². The average molecular weight is 408 g/mol. The van der Waals surface area contributed by atoms with E-state index in [4.69, 9.17) is 4.74 Å². The number of benzene rings is 2. The summed E-state index contributed by atoms with van der Waals surface area (Å²) in [6.45, 7) is 3.30. The number of esters is 1. The summed E-state index contributed by atoms with van der Waals surface area (Å²) >= 11 is 0. The highest BCUT2D eigenvalue weighted by molar-refractivity contribution is 5.97. The van der Waals surface area contributed by atoms with Gasteiger partial charge in [-0.3, -0.25) is 19.6 Å². The van der Waals surface area contributed by atoms with E-state index in [-0.39, 0.29) is 17.9 Å². The summed E-state index contributed by atoms with van der Waals surface area (Å²) in [7, 11) is 0. The molecule has 1 amide bonds. The lowest BCUT2D eigenvalue weighted by Crippen LogP contribution is -2.40. The predicted octanol–water partition coefficient (Wildman–Crippen LogP) is 3.52. The fourth-order valence-electron chi connectivity index (χ4n) is 2.63. The molecule has 3 rings (SSSR count). The van der Waals surface area contributed by atoms with E-state index in [1.54, 1.807) is 32.0 Å². The van der Waals surface area contributed by atoms with Crippen LogP contribution in [0.3, 0.4) is 0 Å². The zero-order valence-corrected chi connectivity index (χ0v) is 16.4. The van der Waals surface area contributed by atoms with E-state index in [9.17, 15) is 19.7 Å². The number of hydrogen-bond donors (Lipinski definition) is 1. The number of rotatable bonds is 7. The Balaban J connectivity index is 1.68. The first-order chi connectivity index (χ1) is 14.3. The predicted molar refractivity (Wildman–Crippen MR) is 109 cm³/mol. The maximum Gasteiger partial charge on any atom is 0.338 e. The molecule has 1 heterocycles. The highest BCUT2D eigenvalue weighted by Gasteiger charge is 2.32. The molecule has 0 spiro atoms. The first-order valence-corrected chi connectivity index (χ1v) is 9.09. The van der Waals surface area contributed by atoms with Crippen molar-refractivity contribution in [3.63, 3.8) is 0 Å². The van der Waals surface area contributed by atoms with Crippen molar-refractivity contribution in [1.82, 2.24) is 9.78 Å². The van der Waals surface area contributed by atoms with Crippen LogP contribution in [0.5, 0.6) is 0 Å². The Bertz CT molecular complexity index is 1080. The van der Waals surface area contributed by atoms with E-state index >= 15 is 0 Å².